The normalized spacial score (nSPS) is 16.5. The van der Waals surface area contributed by atoms with Crippen LogP contribution in [-0.2, 0) is 15.9 Å². The molecule has 10 nitrogen and oxygen atoms in total. The molecule has 0 radical (unpaired) electrons. The van der Waals surface area contributed by atoms with Crippen molar-refractivity contribution in [2.75, 3.05) is 50.6 Å². The Kier molecular flexibility index (Phi) is 6.81. The van der Waals surface area contributed by atoms with E-state index in [0.29, 0.717) is 37.8 Å². The molecule has 3 N–H and O–H groups in total. The minimum atomic E-state index is 0.1000. The van der Waals surface area contributed by atoms with E-state index in [9.17, 15) is 0 Å². The quantitative estimate of drug-likeness (QED) is 0.603. The number of rotatable bonds is 8. The van der Waals surface area contributed by atoms with Crippen LogP contribution in [0.3, 0.4) is 0 Å². The Balaban J connectivity index is 1.71. The fourth-order valence-corrected chi connectivity index (χ4v) is 2.57. The third-order valence-corrected chi connectivity index (χ3v) is 3.96. The van der Waals surface area contributed by atoms with Gasteiger partial charge in [-0.3, -0.25) is 0 Å². The second-order valence-corrected chi connectivity index (χ2v) is 5.93. The standard InChI is InChI=1S/C17H22N8O2/c1-26-4-2-14-15(21-10-13-9-19-3-5-27-13)6-16(25-24-14)23-17-11-20-12(7-18)8-22-17/h6,8,11,13,19H,2-5,9-10H2,1H3,(H2,21,22,23,25)/t13-/m1/s1. The molecule has 10 heteroatoms. The molecule has 0 amide bonds. The summed E-state index contributed by atoms with van der Waals surface area (Å²) in [5.74, 6) is 1.01. The lowest BCUT2D eigenvalue weighted by atomic mass is 10.2. The van der Waals surface area contributed by atoms with Gasteiger partial charge >= 0.3 is 0 Å². The largest absolute Gasteiger partial charge is 0.384 e. The Morgan fingerprint density at radius 3 is 2.96 bits per heavy atom. The number of nitrogens with zero attached hydrogens (tertiary/aromatic N) is 5. The Morgan fingerprint density at radius 2 is 2.26 bits per heavy atom. The molecule has 0 spiro atoms. The summed E-state index contributed by atoms with van der Waals surface area (Å²) >= 11 is 0. The summed E-state index contributed by atoms with van der Waals surface area (Å²) < 4.78 is 10.9. The zero-order chi connectivity index (χ0) is 18.9. The van der Waals surface area contributed by atoms with Crippen molar-refractivity contribution in [3.63, 3.8) is 0 Å². The van der Waals surface area contributed by atoms with E-state index in [1.807, 2.05) is 12.1 Å². The van der Waals surface area contributed by atoms with Crippen LogP contribution in [-0.4, -0.2) is 66.2 Å². The Hall–Kier alpha value is -2.87. The van der Waals surface area contributed by atoms with Crippen LogP contribution >= 0.6 is 0 Å². The Bertz CT molecular complexity index is 771. The smallest absolute Gasteiger partial charge is 0.158 e. The van der Waals surface area contributed by atoms with Gasteiger partial charge in [-0.1, -0.05) is 0 Å². The monoisotopic (exact) mass is 370 g/mol. The minimum absolute atomic E-state index is 0.1000. The summed E-state index contributed by atoms with van der Waals surface area (Å²) in [7, 11) is 1.65. The van der Waals surface area contributed by atoms with Gasteiger partial charge in [-0.15, -0.1) is 5.10 Å². The fraction of sp³-hybridized carbons (Fsp3) is 0.471. The van der Waals surface area contributed by atoms with Crippen molar-refractivity contribution in [1.29, 1.82) is 5.26 Å². The second kappa shape index (κ2) is 9.72. The van der Waals surface area contributed by atoms with Crippen LogP contribution in [0, 0.1) is 11.3 Å². The van der Waals surface area contributed by atoms with E-state index >= 15 is 0 Å². The van der Waals surface area contributed by atoms with Crippen LogP contribution in [0.5, 0.6) is 0 Å². The summed E-state index contributed by atoms with van der Waals surface area (Å²) in [5.41, 5.74) is 1.93. The van der Waals surface area contributed by atoms with Crippen LogP contribution in [0.15, 0.2) is 18.5 Å². The van der Waals surface area contributed by atoms with Crippen molar-refractivity contribution < 1.29 is 9.47 Å². The first-order valence-electron chi connectivity index (χ1n) is 8.69. The van der Waals surface area contributed by atoms with Crippen molar-refractivity contribution in [2.24, 2.45) is 0 Å². The molecule has 0 bridgehead atoms. The predicted octanol–water partition coefficient (Wildman–Crippen LogP) is 0.471. The van der Waals surface area contributed by atoms with Gasteiger partial charge in [0.05, 0.1) is 43.1 Å². The van der Waals surface area contributed by atoms with Gasteiger partial charge in [-0.25, -0.2) is 9.97 Å². The highest BCUT2D eigenvalue weighted by atomic mass is 16.5. The third-order valence-electron chi connectivity index (χ3n) is 3.96. The number of nitriles is 1. The fourth-order valence-electron chi connectivity index (χ4n) is 2.57. The van der Waals surface area contributed by atoms with E-state index in [-0.39, 0.29) is 11.8 Å². The molecule has 1 saturated heterocycles. The molecule has 142 valence electrons. The molecule has 0 aromatic carbocycles. The molecule has 0 saturated carbocycles. The number of hydrogen-bond acceptors (Lipinski definition) is 10. The van der Waals surface area contributed by atoms with E-state index in [2.05, 4.69) is 36.1 Å². The molecule has 0 aliphatic carbocycles. The maximum atomic E-state index is 8.79. The first-order valence-corrected chi connectivity index (χ1v) is 8.69. The summed E-state index contributed by atoms with van der Waals surface area (Å²) in [6.07, 6.45) is 3.62. The average Bonchev–Trinajstić information content (AvgIpc) is 2.73. The van der Waals surface area contributed by atoms with Crippen molar-refractivity contribution in [3.05, 3.63) is 29.8 Å². The zero-order valence-corrected chi connectivity index (χ0v) is 15.1. The highest BCUT2D eigenvalue weighted by Crippen LogP contribution is 2.19. The molecule has 2 aromatic rings. The van der Waals surface area contributed by atoms with E-state index in [0.717, 1.165) is 24.5 Å². The second-order valence-electron chi connectivity index (χ2n) is 5.93. The van der Waals surface area contributed by atoms with Gasteiger partial charge in [0, 0.05) is 39.2 Å². The topological polar surface area (TPSA) is 130 Å². The number of nitrogens with one attached hydrogen (secondary N) is 3. The molecule has 1 aliphatic heterocycles. The van der Waals surface area contributed by atoms with E-state index in [1.165, 1.54) is 12.4 Å². The van der Waals surface area contributed by atoms with Gasteiger partial charge in [0.2, 0.25) is 0 Å². The molecular weight excluding hydrogens is 348 g/mol. The molecule has 3 heterocycles. The maximum Gasteiger partial charge on any atom is 0.158 e. The highest BCUT2D eigenvalue weighted by Gasteiger charge is 2.15. The van der Waals surface area contributed by atoms with Crippen LogP contribution in [0.4, 0.5) is 17.3 Å². The first kappa shape index (κ1) is 18.9. The number of aromatic nitrogens is 4. The number of ether oxygens (including phenoxy) is 2. The van der Waals surface area contributed by atoms with E-state index in [4.69, 9.17) is 14.7 Å². The minimum Gasteiger partial charge on any atom is -0.384 e. The lowest BCUT2D eigenvalue weighted by Gasteiger charge is -2.24. The molecule has 0 unspecified atom stereocenters. The highest BCUT2D eigenvalue weighted by molar-refractivity contribution is 5.59. The van der Waals surface area contributed by atoms with Crippen LogP contribution in [0.2, 0.25) is 0 Å². The maximum absolute atomic E-state index is 8.79. The van der Waals surface area contributed by atoms with Gasteiger partial charge in [0.15, 0.2) is 11.5 Å². The average molecular weight is 370 g/mol. The van der Waals surface area contributed by atoms with Crippen LogP contribution in [0.25, 0.3) is 0 Å². The predicted molar refractivity (Wildman–Crippen MR) is 98.7 cm³/mol. The van der Waals surface area contributed by atoms with Gasteiger partial charge in [0.25, 0.3) is 0 Å². The van der Waals surface area contributed by atoms with Crippen LogP contribution < -0.4 is 16.0 Å². The SMILES string of the molecule is COCCc1nnc(Nc2cnc(C#N)cn2)cc1NC[C@H]1CNCCO1. The number of anilines is 3. The van der Waals surface area contributed by atoms with Gasteiger partial charge < -0.3 is 25.4 Å². The molecule has 3 rings (SSSR count). The van der Waals surface area contributed by atoms with Crippen molar-refractivity contribution in [1.82, 2.24) is 25.5 Å². The number of methoxy groups -OCH3 is 1. The number of hydrogen-bond donors (Lipinski definition) is 3. The van der Waals surface area contributed by atoms with Crippen molar-refractivity contribution in [2.45, 2.75) is 12.5 Å². The van der Waals surface area contributed by atoms with Gasteiger partial charge in [-0.05, 0) is 0 Å². The van der Waals surface area contributed by atoms with Crippen LogP contribution in [0.1, 0.15) is 11.4 Å². The molecular formula is C17H22N8O2. The van der Waals surface area contributed by atoms with Crippen molar-refractivity contribution in [3.8, 4) is 6.07 Å². The summed E-state index contributed by atoms with van der Waals surface area (Å²) in [4.78, 5) is 8.11. The summed E-state index contributed by atoms with van der Waals surface area (Å²) in [5, 5.41) is 27.0. The van der Waals surface area contributed by atoms with E-state index in [1.54, 1.807) is 7.11 Å². The Morgan fingerprint density at radius 1 is 1.33 bits per heavy atom. The molecule has 27 heavy (non-hydrogen) atoms. The van der Waals surface area contributed by atoms with Crippen molar-refractivity contribution >= 4 is 17.3 Å². The molecule has 1 aliphatic rings. The molecule has 2 aromatic heterocycles. The first-order chi connectivity index (χ1) is 13.3. The van der Waals surface area contributed by atoms with E-state index < -0.39 is 0 Å². The Labute approximate surface area is 157 Å². The summed E-state index contributed by atoms with van der Waals surface area (Å²) in [6, 6.07) is 3.80. The zero-order valence-electron chi connectivity index (χ0n) is 15.1. The third kappa shape index (κ3) is 5.55. The molecule has 1 fully saturated rings. The van der Waals surface area contributed by atoms with Gasteiger partial charge in [-0.2, -0.15) is 10.4 Å². The van der Waals surface area contributed by atoms with Gasteiger partial charge in [0.1, 0.15) is 11.9 Å². The molecule has 1 atom stereocenters. The number of morpholine rings is 1. The summed E-state index contributed by atoms with van der Waals surface area (Å²) in [6.45, 7) is 3.62. The lowest BCUT2D eigenvalue weighted by Crippen LogP contribution is -2.42. The lowest BCUT2D eigenvalue weighted by molar-refractivity contribution is 0.0372.